The molecule has 1 aromatic carbocycles. The average Bonchev–Trinajstić information content (AvgIpc) is 3.44. The summed E-state index contributed by atoms with van der Waals surface area (Å²) in [6.45, 7) is 0.643. The van der Waals surface area contributed by atoms with E-state index in [0.29, 0.717) is 13.0 Å². The predicted molar refractivity (Wildman–Crippen MR) is 101 cm³/mol. The Labute approximate surface area is 161 Å². The van der Waals surface area contributed by atoms with Crippen molar-refractivity contribution in [1.29, 1.82) is 0 Å². The van der Waals surface area contributed by atoms with E-state index in [1.807, 2.05) is 37.5 Å². The number of hydrogen-bond acceptors (Lipinski definition) is 4. The van der Waals surface area contributed by atoms with Gasteiger partial charge < -0.3 is 10.2 Å². The molecule has 1 saturated heterocycles. The number of nitrogens with zero attached hydrogens (tertiary/aromatic N) is 5. The number of aromatic nitrogens is 4. The summed E-state index contributed by atoms with van der Waals surface area (Å²) in [7, 11) is 1.84. The van der Waals surface area contributed by atoms with Gasteiger partial charge in [0.1, 0.15) is 12.0 Å². The van der Waals surface area contributed by atoms with E-state index in [2.05, 4.69) is 15.5 Å². The van der Waals surface area contributed by atoms with Crippen LogP contribution in [0.3, 0.4) is 0 Å². The minimum atomic E-state index is -0.806. The maximum absolute atomic E-state index is 13.2. The van der Waals surface area contributed by atoms with Crippen LogP contribution >= 0.6 is 0 Å². The molecule has 3 aromatic rings. The van der Waals surface area contributed by atoms with Crippen molar-refractivity contribution in [3.8, 4) is 0 Å². The van der Waals surface area contributed by atoms with Crippen molar-refractivity contribution in [2.75, 3.05) is 11.9 Å². The zero-order chi connectivity index (χ0) is 19.3. The van der Waals surface area contributed by atoms with Crippen LogP contribution in [-0.2, 0) is 28.6 Å². The standard InChI is InChI=1S/C20H20N6O2/c1-24-12-14(11-22-24)18-20(15-5-2-3-6-16(15)23-19(20)28)7-10-26(18)17(27)13-25-9-4-8-21-25/h2-6,8-9,11-12,18H,7,10,13H2,1H3,(H,23,28)/t18-,20+/m0/s1. The lowest BCUT2D eigenvalue weighted by molar-refractivity contribution is -0.134. The van der Waals surface area contributed by atoms with Gasteiger partial charge in [0.2, 0.25) is 11.8 Å². The first-order valence-corrected chi connectivity index (χ1v) is 9.26. The zero-order valence-electron chi connectivity index (χ0n) is 15.4. The smallest absolute Gasteiger partial charge is 0.244 e. The molecule has 0 saturated carbocycles. The van der Waals surface area contributed by atoms with Crippen molar-refractivity contribution in [3.05, 3.63) is 66.2 Å². The van der Waals surface area contributed by atoms with E-state index in [9.17, 15) is 9.59 Å². The van der Waals surface area contributed by atoms with Crippen LogP contribution in [0.15, 0.2) is 55.1 Å². The number of amides is 2. The van der Waals surface area contributed by atoms with Crippen LogP contribution in [0.4, 0.5) is 5.69 Å². The first-order valence-electron chi connectivity index (χ1n) is 9.26. The summed E-state index contributed by atoms with van der Waals surface area (Å²) < 4.78 is 3.31. The first-order chi connectivity index (χ1) is 13.6. The fourth-order valence-electron chi connectivity index (χ4n) is 4.62. The van der Waals surface area contributed by atoms with Crippen LogP contribution in [-0.4, -0.2) is 42.8 Å². The fourth-order valence-corrected chi connectivity index (χ4v) is 4.62. The maximum Gasteiger partial charge on any atom is 0.244 e. The van der Waals surface area contributed by atoms with Crippen molar-refractivity contribution < 1.29 is 9.59 Å². The van der Waals surface area contributed by atoms with Gasteiger partial charge in [-0.3, -0.25) is 19.0 Å². The number of fused-ring (bicyclic) bond motifs is 2. The van der Waals surface area contributed by atoms with Crippen LogP contribution in [0, 0.1) is 0 Å². The molecule has 1 fully saturated rings. The van der Waals surface area contributed by atoms with Crippen molar-refractivity contribution >= 4 is 17.5 Å². The molecule has 2 atom stereocenters. The number of para-hydroxylation sites is 1. The zero-order valence-corrected chi connectivity index (χ0v) is 15.4. The Morgan fingerprint density at radius 1 is 1.29 bits per heavy atom. The number of carbonyl (C=O) groups excluding carboxylic acids is 2. The van der Waals surface area contributed by atoms with Crippen LogP contribution in [0.1, 0.15) is 23.6 Å². The molecule has 0 bridgehead atoms. The highest BCUT2D eigenvalue weighted by molar-refractivity contribution is 6.07. The number of rotatable bonds is 3. The van der Waals surface area contributed by atoms with Crippen molar-refractivity contribution in [2.24, 2.45) is 7.05 Å². The molecular weight excluding hydrogens is 356 g/mol. The Balaban J connectivity index is 1.61. The molecule has 1 N–H and O–H groups in total. The lowest BCUT2D eigenvalue weighted by Crippen LogP contribution is -2.43. The number of hydrogen-bond donors (Lipinski definition) is 1. The molecule has 0 radical (unpaired) electrons. The summed E-state index contributed by atoms with van der Waals surface area (Å²) in [6, 6.07) is 9.13. The molecule has 1 spiro atoms. The number of carbonyl (C=O) groups is 2. The molecule has 8 heteroatoms. The summed E-state index contributed by atoms with van der Waals surface area (Å²) in [6.07, 6.45) is 7.62. The predicted octanol–water partition coefficient (Wildman–Crippen LogP) is 1.48. The second-order valence-electron chi connectivity index (χ2n) is 7.36. The Hall–Kier alpha value is -3.42. The maximum atomic E-state index is 13.2. The summed E-state index contributed by atoms with van der Waals surface area (Å²) in [5, 5.41) is 11.5. The number of likely N-dealkylation sites (tertiary alicyclic amines) is 1. The van der Waals surface area contributed by atoms with Gasteiger partial charge in [0.15, 0.2) is 0 Å². The highest BCUT2D eigenvalue weighted by Crippen LogP contribution is 2.54. The van der Waals surface area contributed by atoms with E-state index in [1.165, 1.54) is 0 Å². The third-order valence-electron chi connectivity index (χ3n) is 5.80. The summed E-state index contributed by atoms with van der Waals surface area (Å²) in [4.78, 5) is 28.2. The molecule has 2 aliphatic heterocycles. The Kier molecular flexibility index (Phi) is 3.61. The highest BCUT2D eigenvalue weighted by atomic mass is 16.2. The van der Waals surface area contributed by atoms with Gasteiger partial charge in [-0.1, -0.05) is 18.2 Å². The number of anilines is 1. The minimum absolute atomic E-state index is 0.0584. The van der Waals surface area contributed by atoms with Gasteiger partial charge in [-0.25, -0.2) is 0 Å². The van der Waals surface area contributed by atoms with Crippen molar-refractivity contribution in [3.63, 3.8) is 0 Å². The van der Waals surface area contributed by atoms with Crippen LogP contribution in [0.5, 0.6) is 0 Å². The molecule has 28 heavy (non-hydrogen) atoms. The van der Waals surface area contributed by atoms with Crippen molar-refractivity contribution in [1.82, 2.24) is 24.5 Å². The Morgan fingerprint density at radius 2 is 2.14 bits per heavy atom. The van der Waals surface area contributed by atoms with Gasteiger partial charge in [-0.05, 0) is 24.1 Å². The third-order valence-corrected chi connectivity index (χ3v) is 5.80. The number of nitrogens with one attached hydrogen (secondary N) is 1. The average molecular weight is 376 g/mol. The number of aryl methyl sites for hydroxylation is 1. The van der Waals surface area contributed by atoms with Gasteiger partial charge in [0.05, 0.1) is 12.2 Å². The van der Waals surface area contributed by atoms with E-state index >= 15 is 0 Å². The van der Waals surface area contributed by atoms with E-state index in [1.54, 1.807) is 38.9 Å². The third kappa shape index (κ3) is 2.30. The molecule has 0 unspecified atom stereocenters. The van der Waals surface area contributed by atoms with E-state index < -0.39 is 11.5 Å². The minimum Gasteiger partial charge on any atom is -0.332 e. The van der Waals surface area contributed by atoms with Gasteiger partial charge >= 0.3 is 0 Å². The van der Waals surface area contributed by atoms with Crippen LogP contribution in [0.25, 0.3) is 0 Å². The molecule has 2 amide bonds. The molecule has 4 heterocycles. The summed E-state index contributed by atoms with van der Waals surface area (Å²) >= 11 is 0. The van der Waals surface area contributed by atoms with Crippen LogP contribution < -0.4 is 5.32 Å². The Bertz CT molecular complexity index is 1060. The second-order valence-corrected chi connectivity index (χ2v) is 7.36. The van der Waals surface area contributed by atoms with Crippen LogP contribution in [0.2, 0.25) is 0 Å². The molecule has 142 valence electrons. The lowest BCUT2D eigenvalue weighted by Gasteiger charge is -2.33. The highest BCUT2D eigenvalue weighted by Gasteiger charge is 2.59. The molecular formula is C20H20N6O2. The summed E-state index contributed by atoms with van der Waals surface area (Å²) in [5.41, 5.74) is 1.83. The molecule has 8 nitrogen and oxygen atoms in total. The molecule has 0 aliphatic carbocycles. The van der Waals surface area contributed by atoms with Gasteiger partial charge in [-0.15, -0.1) is 0 Å². The monoisotopic (exact) mass is 376 g/mol. The van der Waals surface area contributed by atoms with Gasteiger partial charge in [-0.2, -0.15) is 10.2 Å². The topological polar surface area (TPSA) is 85.0 Å². The quantitative estimate of drug-likeness (QED) is 0.750. The molecule has 2 aliphatic rings. The van der Waals surface area contributed by atoms with E-state index in [-0.39, 0.29) is 18.4 Å². The largest absolute Gasteiger partial charge is 0.332 e. The SMILES string of the molecule is Cn1cc([C@@H]2N(C(=O)Cn3cccn3)CC[C@]23C(=O)Nc2ccccc23)cn1. The van der Waals surface area contributed by atoms with Crippen molar-refractivity contribution in [2.45, 2.75) is 24.4 Å². The summed E-state index contributed by atoms with van der Waals surface area (Å²) in [5.74, 6) is -0.122. The van der Waals surface area contributed by atoms with Gasteiger partial charge in [0, 0.05) is 43.4 Å². The normalized spacial score (nSPS) is 23.2. The molecule has 2 aromatic heterocycles. The first kappa shape index (κ1) is 16.7. The molecule has 5 rings (SSSR count). The van der Waals surface area contributed by atoms with E-state index in [4.69, 9.17) is 0 Å². The number of benzene rings is 1. The van der Waals surface area contributed by atoms with Gasteiger partial charge in [0.25, 0.3) is 0 Å². The fraction of sp³-hybridized carbons (Fsp3) is 0.300. The second kappa shape index (κ2) is 6.05. The lowest BCUT2D eigenvalue weighted by atomic mass is 9.73. The Morgan fingerprint density at radius 3 is 2.89 bits per heavy atom. The van der Waals surface area contributed by atoms with E-state index in [0.717, 1.165) is 16.8 Å².